The molecule has 1 aromatic carbocycles. The van der Waals surface area contributed by atoms with E-state index in [1.54, 1.807) is 0 Å². The summed E-state index contributed by atoms with van der Waals surface area (Å²) < 4.78 is 5.74. The van der Waals surface area contributed by atoms with Crippen molar-refractivity contribution in [2.45, 2.75) is 25.2 Å². The molecule has 1 unspecified atom stereocenters. The van der Waals surface area contributed by atoms with Gasteiger partial charge in [-0.3, -0.25) is 0 Å². The van der Waals surface area contributed by atoms with Crippen molar-refractivity contribution in [3.63, 3.8) is 0 Å². The molecular weight excluding hydrogens is 268 g/mol. The predicted molar refractivity (Wildman–Crippen MR) is 85.2 cm³/mol. The topological polar surface area (TPSA) is 38.5 Å². The Hall–Kier alpha value is -1.13. The molecule has 2 aliphatic heterocycles. The summed E-state index contributed by atoms with van der Waals surface area (Å²) in [4.78, 5) is 3.25. The van der Waals surface area contributed by atoms with E-state index < -0.39 is 0 Å². The highest BCUT2D eigenvalue weighted by Crippen LogP contribution is 2.34. The van der Waals surface area contributed by atoms with Crippen LogP contribution in [0.25, 0.3) is 0 Å². The van der Waals surface area contributed by atoms with Crippen LogP contribution < -0.4 is 10.5 Å². The van der Waals surface area contributed by atoms with Crippen LogP contribution in [0.1, 0.15) is 30.7 Å². The van der Waals surface area contributed by atoms with Gasteiger partial charge in [0.15, 0.2) is 0 Å². The average Bonchev–Trinajstić information content (AvgIpc) is 2.48. The Morgan fingerprint density at radius 2 is 2.00 bits per heavy atom. The smallest absolute Gasteiger partial charge is 0.122 e. The third-order valence-electron chi connectivity index (χ3n) is 4.55. The van der Waals surface area contributed by atoms with E-state index in [1.165, 1.54) is 5.56 Å². The van der Waals surface area contributed by atoms with Crippen molar-refractivity contribution < 1.29 is 4.74 Å². The Kier molecular flexibility index (Phi) is 4.22. The fourth-order valence-electron chi connectivity index (χ4n) is 3.32. The number of hydrogen-bond acceptors (Lipinski definition) is 3. The molecule has 2 aliphatic rings. The summed E-state index contributed by atoms with van der Waals surface area (Å²) in [5, 5.41) is 0. The molecular formula is C16H22N2OS. The molecule has 1 aromatic rings. The van der Waals surface area contributed by atoms with Gasteiger partial charge in [0.1, 0.15) is 5.75 Å². The van der Waals surface area contributed by atoms with Crippen LogP contribution in [-0.2, 0) is 0 Å². The van der Waals surface area contributed by atoms with Crippen molar-refractivity contribution >= 4 is 17.2 Å². The van der Waals surface area contributed by atoms with Crippen LogP contribution in [0.4, 0.5) is 0 Å². The van der Waals surface area contributed by atoms with Crippen LogP contribution >= 0.6 is 12.2 Å². The Morgan fingerprint density at radius 3 is 2.75 bits per heavy atom. The monoisotopic (exact) mass is 290 g/mol. The van der Waals surface area contributed by atoms with Crippen molar-refractivity contribution in [1.82, 2.24) is 4.90 Å². The Morgan fingerprint density at radius 1 is 1.25 bits per heavy atom. The number of likely N-dealkylation sites (tertiary alicyclic amines) is 1. The summed E-state index contributed by atoms with van der Waals surface area (Å²) in [5.41, 5.74) is 7.13. The normalized spacial score (nSPS) is 23.9. The van der Waals surface area contributed by atoms with Gasteiger partial charge in [0.2, 0.25) is 0 Å². The molecule has 1 saturated heterocycles. The zero-order chi connectivity index (χ0) is 13.9. The maximum Gasteiger partial charge on any atom is 0.122 e. The molecule has 4 heteroatoms. The summed E-state index contributed by atoms with van der Waals surface area (Å²) >= 11 is 5.11. The second-order valence-corrected chi connectivity index (χ2v) is 6.32. The minimum Gasteiger partial charge on any atom is -0.493 e. The molecule has 3 nitrogen and oxygen atoms in total. The average molecular weight is 290 g/mol. The van der Waals surface area contributed by atoms with E-state index in [2.05, 4.69) is 29.2 Å². The number of benzene rings is 1. The first-order chi connectivity index (χ1) is 9.74. The number of hydrogen-bond donors (Lipinski definition) is 1. The van der Waals surface area contributed by atoms with E-state index in [0.717, 1.165) is 51.3 Å². The van der Waals surface area contributed by atoms with Gasteiger partial charge in [-0.05, 0) is 44.0 Å². The Labute approximate surface area is 126 Å². The molecule has 0 bridgehead atoms. The maximum atomic E-state index is 5.76. The molecule has 108 valence electrons. The van der Waals surface area contributed by atoms with E-state index in [0.29, 0.717) is 16.8 Å². The van der Waals surface area contributed by atoms with Gasteiger partial charge in [0.25, 0.3) is 0 Å². The second-order valence-electron chi connectivity index (χ2n) is 5.85. The standard InChI is InChI=1S/C16H22N2OS/c17-16(20)12-5-8-18(9-6-12)11-13-7-10-19-15-4-2-1-3-14(13)15/h1-4,12-13H,5-11H2,(H2,17,20). The van der Waals surface area contributed by atoms with Gasteiger partial charge in [-0.1, -0.05) is 30.4 Å². The SMILES string of the molecule is NC(=S)C1CCN(CC2CCOc3ccccc32)CC1. The highest BCUT2D eigenvalue weighted by molar-refractivity contribution is 7.80. The van der Waals surface area contributed by atoms with Gasteiger partial charge in [0.05, 0.1) is 11.6 Å². The van der Waals surface area contributed by atoms with Gasteiger partial charge in [-0.25, -0.2) is 0 Å². The fraction of sp³-hybridized carbons (Fsp3) is 0.562. The second kappa shape index (κ2) is 6.10. The zero-order valence-electron chi connectivity index (χ0n) is 11.8. The van der Waals surface area contributed by atoms with E-state index >= 15 is 0 Å². The summed E-state index contributed by atoms with van der Waals surface area (Å²) in [6, 6.07) is 8.45. The quantitative estimate of drug-likeness (QED) is 0.868. The van der Waals surface area contributed by atoms with Crippen molar-refractivity contribution in [1.29, 1.82) is 0 Å². The summed E-state index contributed by atoms with van der Waals surface area (Å²) in [6.45, 7) is 4.19. The van der Waals surface area contributed by atoms with Gasteiger partial charge in [-0.15, -0.1) is 0 Å². The molecule has 0 aromatic heterocycles. The number of nitrogens with zero attached hydrogens (tertiary/aromatic N) is 1. The van der Waals surface area contributed by atoms with Crippen molar-refractivity contribution in [3.8, 4) is 5.75 Å². The zero-order valence-corrected chi connectivity index (χ0v) is 12.6. The molecule has 1 atom stereocenters. The van der Waals surface area contributed by atoms with Gasteiger partial charge in [0, 0.05) is 18.4 Å². The van der Waals surface area contributed by atoms with Gasteiger partial charge >= 0.3 is 0 Å². The minimum absolute atomic E-state index is 0.447. The largest absolute Gasteiger partial charge is 0.493 e. The van der Waals surface area contributed by atoms with Gasteiger partial charge < -0.3 is 15.4 Å². The molecule has 3 rings (SSSR count). The van der Waals surface area contributed by atoms with Gasteiger partial charge in [-0.2, -0.15) is 0 Å². The molecule has 2 N–H and O–H groups in total. The van der Waals surface area contributed by atoms with Crippen LogP contribution in [0, 0.1) is 5.92 Å². The first-order valence-electron chi connectivity index (χ1n) is 7.47. The molecule has 0 aliphatic carbocycles. The summed E-state index contributed by atoms with van der Waals surface area (Å²) in [7, 11) is 0. The van der Waals surface area contributed by atoms with E-state index in [1.807, 2.05) is 0 Å². The van der Waals surface area contributed by atoms with Crippen molar-refractivity contribution in [2.24, 2.45) is 11.7 Å². The number of rotatable bonds is 3. The molecule has 0 spiro atoms. The lowest BCUT2D eigenvalue weighted by Crippen LogP contribution is -2.40. The predicted octanol–water partition coefficient (Wildman–Crippen LogP) is 2.55. The highest BCUT2D eigenvalue weighted by atomic mass is 32.1. The number of fused-ring (bicyclic) bond motifs is 1. The molecule has 0 amide bonds. The number of thiocarbonyl (C=S) groups is 1. The Balaban J connectivity index is 1.61. The van der Waals surface area contributed by atoms with Crippen LogP contribution in [0.5, 0.6) is 5.75 Å². The molecule has 0 saturated carbocycles. The van der Waals surface area contributed by atoms with Crippen LogP contribution in [0.2, 0.25) is 0 Å². The lowest BCUT2D eigenvalue weighted by molar-refractivity contribution is 0.176. The molecule has 2 heterocycles. The van der Waals surface area contributed by atoms with E-state index in [-0.39, 0.29) is 0 Å². The molecule has 0 radical (unpaired) electrons. The lowest BCUT2D eigenvalue weighted by atomic mass is 9.90. The van der Waals surface area contributed by atoms with Crippen molar-refractivity contribution in [3.05, 3.63) is 29.8 Å². The van der Waals surface area contributed by atoms with Crippen molar-refractivity contribution in [2.75, 3.05) is 26.2 Å². The highest BCUT2D eigenvalue weighted by Gasteiger charge is 2.26. The fourth-order valence-corrected chi connectivity index (χ4v) is 3.55. The summed E-state index contributed by atoms with van der Waals surface area (Å²) in [6.07, 6.45) is 3.34. The van der Waals surface area contributed by atoms with Crippen LogP contribution in [0.15, 0.2) is 24.3 Å². The molecule has 1 fully saturated rings. The first kappa shape index (κ1) is 13.8. The third kappa shape index (κ3) is 2.96. The third-order valence-corrected chi connectivity index (χ3v) is 4.88. The summed E-state index contributed by atoms with van der Waals surface area (Å²) in [5.74, 6) is 2.12. The van der Waals surface area contributed by atoms with Crippen LogP contribution in [-0.4, -0.2) is 36.1 Å². The van der Waals surface area contributed by atoms with Crippen LogP contribution in [0.3, 0.4) is 0 Å². The Bertz CT molecular complexity index is 483. The number of para-hydroxylation sites is 1. The number of nitrogens with two attached hydrogens (primary N) is 1. The molecule has 20 heavy (non-hydrogen) atoms. The number of piperidine rings is 1. The first-order valence-corrected chi connectivity index (χ1v) is 7.88. The maximum absolute atomic E-state index is 5.76. The minimum atomic E-state index is 0.447. The van der Waals surface area contributed by atoms with E-state index in [9.17, 15) is 0 Å². The van der Waals surface area contributed by atoms with E-state index in [4.69, 9.17) is 22.7 Å². The number of ether oxygens (including phenoxy) is 1. The lowest BCUT2D eigenvalue weighted by Gasteiger charge is -2.35.